The molecular weight excluding hydrogens is 499 g/mol. The third-order valence-corrected chi connectivity index (χ3v) is 4.47. The van der Waals surface area contributed by atoms with Crippen LogP contribution in [0.1, 0.15) is 49.7 Å². The molecule has 1 aromatic heterocycles. The van der Waals surface area contributed by atoms with Crippen molar-refractivity contribution in [1.82, 2.24) is 9.55 Å². The van der Waals surface area contributed by atoms with E-state index in [1.54, 1.807) is 39.8 Å². The summed E-state index contributed by atoms with van der Waals surface area (Å²) >= 11 is 10.6. The van der Waals surface area contributed by atoms with Gasteiger partial charge in [0, 0.05) is 29.6 Å². The van der Waals surface area contributed by atoms with Gasteiger partial charge in [-0.2, -0.15) is 4.39 Å². The third-order valence-electron chi connectivity index (χ3n) is 4.05. The minimum atomic E-state index is -0.627. The quantitative estimate of drug-likeness (QED) is 0.115. The average Bonchev–Trinajstić information content (AvgIpc) is 2.77. The SMILES string of the molecule is C=C/C(C)=C\C(F)=N/CP.C=C/C=C(Cl)\C=C(/C)C(=O)c1c(C(C)C)c(=O)[nH]c(=O)n1C.CCl. The molecule has 6 nitrogen and oxygen atoms in total. The first kappa shape index (κ1) is 33.8. The van der Waals surface area contributed by atoms with E-state index in [0.717, 1.165) is 10.1 Å². The largest absolute Gasteiger partial charge is 0.328 e. The average molecular weight is 532 g/mol. The van der Waals surface area contributed by atoms with Crippen molar-refractivity contribution in [2.45, 2.75) is 33.6 Å². The van der Waals surface area contributed by atoms with Crippen LogP contribution in [0, 0.1) is 0 Å². The molecule has 0 amide bonds. The molecule has 1 N–H and O–H groups in total. The van der Waals surface area contributed by atoms with Gasteiger partial charge in [0.05, 0.1) is 6.29 Å². The van der Waals surface area contributed by atoms with E-state index in [9.17, 15) is 18.8 Å². The molecule has 1 unspecified atom stereocenters. The van der Waals surface area contributed by atoms with Crippen LogP contribution in [0.4, 0.5) is 4.39 Å². The van der Waals surface area contributed by atoms with E-state index in [2.05, 4.69) is 44.0 Å². The number of aromatic nitrogens is 2. The van der Waals surface area contributed by atoms with Gasteiger partial charge in [-0.25, -0.2) is 4.79 Å². The fourth-order valence-corrected chi connectivity index (χ4v) is 2.87. The van der Waals surface area contributed by atoms with Gasteiger partial charge in [-0.05, 0) is 43.6 Å². The molecule has 1 aromatic rings. The number of carbonyl (C=O) groups is 1. The van der Waals surface area contributed by atoms with E-state index < -0.39 is 23.0 Å². The molecule has 188 valence electrons. The maximum absolute atomic E-state index is 12.6. The summed E-state index contributed by atoms with van der Waals surface area (Å²) in [5.41, 5.74) is 0.301. The summed E-state index contributed by atoms with van der Waals surface area (Å²) in [5.74, 6) is -1.07. The summed E-state index contributed by atoms with van der Waals surface area (Å²) in [6, 6.07) is 0. The van der Waals surface area contributed by atoms with Gasteiger partial charge < -0.3 is 0 Å². The Morgan fingerprint density at radius 2 is 1.79 bits per heavy atom. The summed E-state index contributed by atoms with van der Waals surface area (Å²) in [6.07, 6.45) is 9.31. The van der Waals surface area contributed by atoms with Crippen molar-refractivity contribution in [1.29, 1.82) is 0 Å². The first-order valence-electron chi connectivity index (χ1n) is 10.0. The van der Waals surface area contributed by atoms with E-state index in [0.29, 0.717) is 16.9 Å². The Morgan fingerprint density at radius 3 is 2.24 bits per heavy atom. The number of ketones is 1. The smallest absolute Gasteiger partial charge is 0.293 e. The van der Waals surface area contributed by atoms with Crippen molar-refractivity contribution < 1.29 is 9.18 Å². The van der Waals surface area contributed by atoms with Crippen LogP contribution in [0.2, 0.25) is 0 Å². The molecule has 10 heteroatoms. The molecule has 0 spiro atoms. The van der Waals surface area contributed by atoms with Gasteiger partial charge in [-0.1, -0.05) is 50.8 Å². The van der Waals surface area contributed by atoms with Gasteiger partial charge in [-0.3, -0.25) is 24.1 Å². The zero-order valence-electron chi connectivity index (χ0n) is 20.4. The van der Waals surface area contributed by atoms with Crippen LogP contribution < -0.4 is 11.2 Å². The zero-order valence-corrected chi connectivity index (χ0v) is 23.1. The van der Waals surface area contributed by atoms with E-state index in [-0.39, 0.29) is 17.2 Å². The number of Topliss-reactive ketones (excluding diaryl/α,β-unsaturated/α-hetero) is 1. The molecule has 1 rings (SSSR count). The van der Waals surface area contributed by atoms with Gasteiger partial charge >= 0.3 is 5.69 Å². The molecule has 1 atom stereocenters. The topological polar surface area (TPSA) is 84.3 Å². The second-order valence-corrected chi connectivity index (χ2v) is 7.74. The van der Waals surface area contributed by atoms with Crippen LogP contribution >= 0.6 is 32.4 Å². The summed E-state index contributed by atoms with van der Waals surface area (Å²) < 4.78 is 13.6. The Labute approximate surface area is 212 Å². The number of aromatic amines is 1. The Balaban J connectivity index is 0. The van der Waals surface area contributed by atoms with Crippen molar-refractivity contribution >= 4 is 44.2 Å². The number of H-pyrrole nitrogens is 1. The molecule has 0 fully saturated rings. The Morgan fingerprint density at radius 1 is 1.24 bits per heavy atom. The third kappa shape index (κ3) is 11.7. The van der Waals surface area contributed by atoms with Gasteiger partial charge in [0.15, 0.2) is 0 Å². The van der Waals surface area contributed by atoms with Crippen molar-refractivity contribution in [3.63, 3.8) is 0 Å². The Bertz CT molecular complexity index is 1100. The number of rotatable bonds is 8. The van der Waals surface area contributed by atoms with Crippen LogP contribution in [-0.2, 0) is 7.05 Å². The van der Waals surface area contributed by atoms with Crippen LogP contribution in [-0.4, -0.2) is 34.0 Å². The number of aliphatic imine (C=N–C) groups is 1. The van der Waals surface area contributed by atoms with E-state index >= 15 is 0 Å². The minimum Gasteiger partial charge on any atom is -0.293 e. The standard InChI is InChI=1S/C16H19ClN2O3.C7H11FNP.CH3Cl/c1-6-7-11(17)8-10(4)14(20)13-12(9(2)3)15(21)18-16(22)19(13)5;1-3-6(2)4-7(8)9-5-10;1-2/h6-9H,1H2,2-5H3,(H,18,21,22);3-4H,1,5,10H2,2H3;1H3/b10-8+,11-7+;6-4-,9-7+;. The molecule has 0 aliphatic rings. The van der Waals surface area contributed by atoms with Crippen molar-refractivity contribution in [2.75, 3.05) is 12.7 Å². The summed E-state index contributed by atoms with van der Waals surface area (Å²) in [4.78, 5) is 42.1. The molecule has 0 aliphatic carbocycles. The Hall–Kier alpha value is -2.34. The monoisotopic (exact) mass is 531 g/mol. The highest BCUT2D eigenvalue weighted by molar-refractivity contribution is 7.16. The van der Waals surface area contributed by atoms with Crippen LogP contribution in [0.25, 0.3) is 0 Å². The zero-order chi connectivity index (χ0) is 27.0. The van der Waals surface area contributed by atoms with Crippen LogP contribution in [0.5, 0.6) is 0 Å². The predicted octanol–water partition coefficient (Wildman–Crippen LogP) is 5.81. The lowest BCUT2D eigenvalue weighted by Crippen LogP contribution is -2.36. The van der Waals surface area contributed by atoms with Crippen LogP contribution in [0.3, 0.4) is 0 Å². The molecule has 0 bridgehead atoms. The predicted molar refractivity (Wildman–Crippen MR) is 147 cm³/mol. The van der Waals surface area contributed by atoms with Crippen molar-refractivity contribution in [3.8, 4) is 0 Å². The number of nitrogens with one attached hydrogen (secondary N) is 1. The number of carbonyl (C=O) groups excluding carboxylic acids is 1. The van der Waals surface area contributed by atoms with E-state index in [1.807, 2.05) is 0 Å². The lowest BCUT2D eigenvalue weighted by atomic mass is 9.97. The van der Waals surface area contributed by atoms with Gasteiger partial charge in [0.25, 0.3) is 5.56 Å². The van der Waals surface area contributed by atoms with Crippen molar-refractivity contribution in [3.05, 3.63) is 91.8 Å². The first-order valence-corrected chi connectivity index (χ1v) is 12.0. The summed E-state index contributed by atoms with van der Waals surface area (Å²) in [7, 11) is 3.77. The van der Waals surface area contributed by atoms with Gasteiger partial charge in [0.1, 0.15) is 5.69 Å². The number of hydrogen-bond donors (Lipinski definition) is 1. The number of halogens is 3. The highest BCUT2D eigenvalue weighted by Gasteiger charge is 2.22. The summed E-state index contributed by atoms with van der Waals surface area (Å²) in [5, 5.41) is 0.335. The fourth-order valence-electron chi connectivity index (χ4n) is 2.45. The first-order chi connectivity index (χ1) is 15.9. The molecule has 0 aliphatic heterocycles. The molecule has 34 heavy (non-hydrogen) atoms. The normalized spacial score (nSPS) is 12.3. The number of alkyl halides is 1. The van der Waals surface area contributed by atoms with E-state index in [1.165, 1.54) is 31.7 Å². The maximum Gasteiger partial charge on any atom is 0.328 e. The lowest BCUT2D eigenvalue weighted by Gasteiger charge is -2.14. The molecule has 0 saturated carbocycles. The molecule has 0 saturated heterocycles. The Kier molecular flexibility index (Phi) is 18.0. The summed E-state index contributed by atoms with van der Waals surface area (Å²) in [6.45, 7) is 13.9. The van der Waals surface area contributed by atoms with Gasteiger partial charge in [0.2, 0.25) is 11.7 Å². The van der Waals surface area contributed by atoms with E-state index in [4.69, 9.17) is 11.6 Å². The van der Waals surface area contributed by atoms with Crippen molar-refractivity contribution in [2.24, 2.45) is 12.0 Å². The lowest BCUT2D eigenvalue weighted by molar-refractivity contribution is 0.102. The fraction of sp³-hybridized carbons (Fsp3) is 0.333. The molecule has 1 heterocycles. The molecule has 0 aromatic carbocycles. The van der Waals surface area contributed by atoms with Gasteiger partial charge in [-0.15, -0.1) is 20.8 Å². The number of allylic oxidation sites excluding steroid dienone is 8. The highest BCUT2D eigenvalue weighted by Crippen LogP contribution is 2.18. The number of hydrogen-bond acceptors (Lipinski definition) is 4. The number of nitrogens with zero attached hydrogens (tertiary/aromatic N) is 2. The highest BCUT2D eigenvalue weighted by atomic mass is 35.5. The second-order valence-electron chi connectivity index (χ2n) is 6.93. The molecule has 0 radical (unpaired) electrons. The minimum absolute atomic E-state index is 0.0839. The maximum atomic E-state index is 12.6. The second kappa shape index (κ2) is 18.0. The van der Waals surface area contributed by atoms with Crippen LogP contribution in [0.15, 0.2) is 74.3 Å². The molecular formula is C24H33Cl2FN3O3P.